The fourth-order valence-corrected chi connectivity index (χ4v) is 1.60. The summed E-state index contributed by atoms with van der Waals surface area (Å²) in [5.41, 5.74) is 2.76. The average Bonchev–Trinajstić information content (AvgIpc) is 2.41. The third-order valence-corrected chi connectivity index (χ3v) is 2.42. The van der Waals surface area contributed by atoms with Crippen LogP contribution in [0.3, 0.4) is 0 Å². The van der Waals surface area contributed by atoms with Crippen LogP contribution in [-0.2, 0) is 11.8 Å². The lowest BCUT2D eigenvalue weighted by Gasteiger charge is -2.01. The molecule has 1 aromatic heterocycles. The summed E-state index contributed by atoms with van der Waals surface area (Å²) in [6.07, 6.45) is 0. The zero-order valence-electron chi connectivity index (χ0n) is 9.03. The van der Waals surface area contributed by atoms with Gasteiger partial charge in [-0.1, -0.05) is 0 Å². The lowest BCUT2D eigenvalue weighted by molar-refractivity contribution is -0.114. The number of nitrogens with zero attached hydrogens (tertiary/aromatic N) is 2. The highest BCUT2D eigenvalue weighted by atomic mass is 16.1. The van der Waals surface area contributed by atoms with Gasteiger partial charge in [0, 0.05) is 19.7 Å². The topological polar surface area (TPSA) is 46.9 Å². The Hall–Kier alpha value is -1.84. The van der Waals surface area contributed by atoms with Crippen LogP contribution in [0.5, 0.6) is 0 Å². The monoisotopic (exact) mass is 203 g/mol. The van der Waals surface area contributed by atoms with E-state index in [2.05, 4.69) is 10.3 Å². The molecule has 1 aromatic carbocycles. The van der Waals surface area contributed by atoms with Crippen molar-refractivity contribution in [2.45, 2.75) is 13.8 Å². The van der Waals surface area contributed by atoms with Crippen LogP contribution in [0.25, 0.3) is 11.0 Å². The molecule has 0 aliphatic heterocycles. The fourth-order valence-electron chi connectivity index (χ4n) is 1.60. The first kappa shape index (κ1) is 9.71. The highest BCUT2D eigenvalue weighted by molar-refractivity contribution is 5.91. The average molecular weight is 203 g/mol. The summed E-state index contributed by atoms with van der Waals surface area (Å²) >= 11 is 0. The number of hydrogen-bond donors (Lipinski definition) is 1. The maximum atomic E-state index is 10.9. The summed E-state index contributed by atoms with van der Waals surface area (Å²) in [6.45, 7) is 3.45. The molecule has 0 saturated heterocycles. The van der Waals surface area contributed by atoms with Crippen molar-refractivity contribution in [2.24, 2.45) is 7.05 Å². The van der Waals surface area contributed by atoms with Gasteiger partial charge in [0.2, 0.25) is 5.91 Å². The van der Waals surface area contributed by atoms with E-state index in [1.165, 1.54) is 6.92 Å². The number of carbonyl (C=O) groups excluding carboxylic acids is 1. The van der Waals surface area contributed by atoms with Gasteiger partial charge >= 0.3 is 0 Å². The molecule has 0 spiro atoms. The molecule has 4 heteroatoms. The first-order valence-corrected chi connectivity index (χ1v) is 4.78. The molecule has 0 atom stereocenters. The smallest absolute Gasteiger partial charge is 0.221 e. The van der Waals surface area contributed by atoms with E-state index < -0.39 is 0 Å². The molecule has 1 N–H and O–H groups in total. The predicted molar refractivity (Wildman–Crippen MR) is 59.8 cm³/mol. The standard InChI is InChI=1S/C11H13N3O/c1-7-12-10-6-9(13-8(2)15)4-5-11(10)14(7)3/h4-6H,1-3H3,(H,13,15). The van der Waals surface area contributed by atoms with Crippen molar-refractivity contribution in [3.63, 3.8) is 0 Å². The lowest BCUT2D eigenvalue weighted by atomic mass is 10.2. The van der Waals surface area contributed by atoms with Crippen LogP contribution in [-0.4, -0.2) is 15.5 Å². The first-order valence-electron chi connectivity index (χ1n) is 4.78. The Morgan fingerprint density at radius 3 is 2.87 bits per heavy atom. The summed E-state index contributed by atoms with van der Waals surface area (Å²) in [7, 11) is 1.97. The molecule has 2 aromatic rings. The van der Waals surface area contributed by atoms with Gasteiger partial charge in [0.15, 0.2) is 0 Å². The van der Waals surface area contributed by atoms with E-state index >= 15 is 0 Å². The van der Waals surface area contributed by atoms with Crippen LogP contribution >= 0.6 is 0 Å². The molecule has 0 aliphatic carbocycles. The highest BCUT2D eigenvalue weighted by Gasteiger charge is 2.04. The number of aryl methyl sites for hydroxylation is 2. The molecule has 0 saturated carbocycles. The Labute approximate surface area is 87.9 Å². The highest BCUT2D eigenvalue weighted by Crippen LogP contribution is 2.19. The van der Waals surface area contributed by atoms with Crippen molar-refractivity contribution >= 4 is 22.6 Å². The summed E-state index contributed by atoms with van der Waals surface area (Å²) in [5, 5.41) is 2.74. The van der Waals surface area contributed by atoms with E-state index in [9.17, 15) is 4.79 Å². The number of aromatic nitrogens is 2. The van der Waals surface area contributed by atoms with Gasteiger partial charge in [-0.15, -0.1) is 0 Å². The molecule has 2 rings (SSSR count). The van der Waals surface area contributed by atoms with E-state index in [-0.39, 0.29) is 5.91 Å². The molecule has 0 fully saturated rings. The van der Waals surface area contributed by atoms with Crippen molar-refractivity contribution in [3.8, 4) is 0 Å². The van der Waals surface area contributed by atoms with Crippen molar-refractivity contribution in [2.75, 3.05) is 5.32 Å². The molecule has 1 amide bonds. The van der Waals surface area contributed by atoms with Crippen molar-refractivity contribution < 1.29 is 4.79 Å². The molecule has 0 radical (unpaired) electrons. The molecule has 1 heterocycles. The van der Waals surface area contributed by atoms with E-state index in [0.29, 0.717) is 0 Å². The van der Waals surface area contributed by atoms with E-state index in [1.54, 1.807) is 0 Å². The second-order valence-corrected chi connectivity index (χ2v) is 3.60. The zero-order valence-corrected chi connectivity index (χ0v) is 9.03. The summed E-state index contributed by atoms with van der Waals surface area (Å²) < 4.78 is 2.02. The van der Waals surface area contributed by atoms with Crippen LogP contribution in [0.4, 0.5) is 5.69 Å². The van der Waals surface area contributed by atoms with Crippen LogP contribution in [0, 0.1) is 6.92 Å². The van der Waals surface area contributed by atoms with E-state index in [4.69, 9.17) is 0 Å². The van der Waals surface area contributed by atoms with Gasteiger partial charge in [0.05, 0.1) is 11.0 Å². The molecule has 15 heavy (non-hydrogen) atoms. The Morgan fingerprint density at radius 2 is 2.20 bits per heavy atom. The van der Waals surface area contributed by atoms with Crippen molar-refractivity contribution in [1.82, 2.24) is 9.55 Å². The number of nitrogens with one attached hydrogen (secondary N) is 1. The molecule has 0 bridgehead atoms. The third-order valence-electron chi connectivity index (χ3n) is 2.42. The summed E-state index contributed by atoms with van der Waals surface area (Å²) in [6, 6.07) is 5.72. The van der Waals surface area contributed by atoms with Crippen LogP contribution in [0.2, 0.25) is 0 Å². The largest absolute Gasteiger partial charge is 0.331 e. The predicted octanol–water partition coefficient (Wildman–Crippen LogP) is 1.84. The molecule has 78 valence electrons. The maximum Gasteiger partial charge on any atom is 0.221 e. The van der Waals surface area contributed by atoms with Gasteiger partial charge in [-0.3, -0.25) is 4.79 Å². The van der Waals surface area contributed by atoms with Gasteiger partial charge in [-0.2, -0.15) is 0 Å². The Balaban J connectivity index is 2.52. The normalized spacial score (nSPS) is 10.6. The second-order valence-electron chi connectivity index (χ2n) is 3.60. The maximum absolute atomic E-state index is 10.9. The van der Waals surface area contributed by atoms with Gasteiger partial charge in [0.25, 0.3) is 0 Å². The Kier molecular flexibility index (Phi) is 2.19. The zero-order chi connectivity index (χ0) is 11.0. The quantitative estimate of drug-likeness (QED) is 0.768. The second kappa shape index (κ2) is 3.38. The van der Waals surface area contributed by atoms with E-state index in [0.717, 1.165) is 22.5 Å². The molecule has 0 unspecified atom stereocenters. The number of rotatable bonds is 1. The molecular formula is C11H13N3O. The number of hydrogen-bond acceptors (Lipinski definition) is 2. The summed E-state index contributed by atoms with van der Waals surface area (Å²) in [4.78, 5) is 15.3. The summed E-state index contributed by atoms with van der Waals surface area (Å²) in [5.74, 6) is 0.895. The Morgan fingerprint density at radius 1 is 1.47 bits per heavy atom. The minimum atomic E-state index is -0.0676. The van der Waals surface area contributed by atoms with E-state index in [1.807, 2.05) is 36.7 Å². The number of benzene rings is 1. The number of anilines is 1. The molecular weight excluding hydrogens is 190 g/mol. The minimum Gasteiger partial charge on any atom is -0.331 e. The number of carbonyl (C=O) groups is 1. The fraction of sp³-hybridized carbons (Fsp3) is 0.273. The number of amides is 1. The van der Waals surface area contributed by atoms with Gasteiger partial charge < -0.3 is 9.88 Å². The minimum absolute atomic E-state index is 0.0676. The van der Waals surface area contributed by atoms with Crippen LogP contribution < -0.4 is 5.32 Å². The van der Waals surface area contributed by atoms with Crippen LogP contribution in [0.15, 0.2) is 18.2 Å². The third kappa shape index (κ3) is 1.70. The number of imidazole rings is 1. The number of fused-ring (bicyclic) bond motifs is 1. The molecule has 0 aliphatic rings. The van der Waals surface area contributed by atoms with Crippen LogP contribution in [0.1, 0.15) is 12.7 Å². The SMILES string of the molecule is CC(=O)Nc1ccc2c(c1)nc(C)n2C. The van der Waals surface area contributed by atoms with Gasteiger partial charge in [-0.25, -0.2) is 4.98 Å². The first-order chi connectivity index (χ1) is 7.08. The Bertz CT molecular complexity index is 528. The lowest BCUT2D eigenvalue weighted by Crippen LogP contribution is -2.05. The van der Waals surface area contributed by atoms with Gasteiger partial charge in [-0.05, 0) is 25.1 Å². The van der Waals surface area contributed by atoms with Crippen molar-refractivity contribution in [3.05, 3.63) is 24.0 Å². The van der Waals surface area contributed by atoms with Gasteiger partial charge in [0.1, 0.15) is 5.82 Å². The molecule has 4 nitrogen and oxygen atoms in total. The van der Waals surface area contributed by atoms with Crippen molar-refractivity contribution in [1.29, 1.82) is 0 Å².